The van der Waals surface area contributed by atoms with E-state index < -0.39 is 0 Å². The molecular weight excluding hydrogens is 232 g/mol. The van der Waals surface area contributed by atoms with E-state index in [9.17, 15) is 0 Å². The second-order valence-electron chi connectivity index (χ2n) is 2.88. The molecule has 0 saturated carbocycles. The number of thiazole rings is 1. The lowest BCUT2D eigenvalue weighted by atomic mass is 10.5. The van der Waals surface area contributed by atoms with Gasteiger partial charge in [0.25, 0.3) is 0 Å². The Hall–Kier alpha value is -1.05. The molecule has 7 heteroatoms. The van der Waals surface area contributed by atoms with Crippen molar-refractivity contribution in [3.05, 3.63) is 16.0 Å². The van der Waals surface area contributed by atoms with Crippen LogP contribution in [0.5, 0.6) is 0 Å². The summed E-state index contributed by atoms with van der Waals surface area (Å²) in [5.41, 5.74) is 0. The second-order valence-corrected chi connectivity index (χ2v) is 4.38. The average molecular weight is 242 g/mol. The van der Waals surface area contributed by atoms with E-state index in [1.54, 1.807) is 24.6 Å². The molecule has 0 aliphatic heterocycles. The van der Waals surface area contributed by atoms with Crippen molar-refractivity contribution in [2.75, 3.05) is 13.7 Å². The number of nitrogens with one attached hydrogen (secondary N) is 2. The molecule has 0 fully saturated rings. The van der Waals surface area contributed by atoms with Crippen LogP contribution < -0.4 is 0 Å². The minimum atomic E-state index is 0.455. The summed E-state index contributed by atoms with van der Waals surface area (Å²) in [6, 6.07) is 0. The van der Waals surface area contributed by atoms with Gasteiger partial charge in [-0.15, -0.1) is 11.3 Å². The minimum Gasteiger partial charge on any atom is -0.384 e. The fourth-order valence-electron chi connectivity index (χ4n) is 1.11. The highest BCUT2D eigenvalue weighted by Gasteiger charge is 2.06. The second kappa shape index (κ2) is 4.65. The molecule has 0 unspecified atom stereocenters. The van der Waals surface area contributed by atoms with Gasteiger partial charge in [0.1, 0.15) is 0 Å². The Morgan fingerprint density at radius 2 is 2.40 bits per heavy atom. The topological polar surface area (TPSA) is 66.6 Å². The first-order valence-electron chi connectivity index (χ1n) is 4.38. The van der Waals surface area contributed by atoms with Crippen molar-refractivity contribution < 1.29 is 4.74 Å². The predicted molar refractivity (Wildman–Crippen MR) is 60.5 cm³/mol. The number of hydrogen-bond acceptors (Lipinski definition) is 5. The lowest BCUT2D eigenvalue weighted by Crippen LogP contribution is -1.92. The van der Waals surface area contributed by atoms with Crippen molar-refractivity contribution in [2.45, 2.75) is 6.42 Å². The summed E-state index contributed by atoms with van der Waals surface area (Å²) in [6.45, 7) is 0.684. The maximum atomic E-state index is 4.99. The summed E-state index contributed by atoms with van der Waals surface area (Å²) in [5.74, 6) is 0.737. The molecule has 0 amide bonds. The highest BCUT2D eigenvalue weighted by atomic mass is 32.1. The van der Waals surface area contributed by atoms with E-state index in [1.165, 1.54) is 0 Å². The smallest absolute Gasteiger partial charge is 0.213 e. The zero-order valence-electron chi connectivity index (χ0n) is 8.11. The van der Waals surface area contributed by atoms with E-state index >= 15 is 0 Å². The van der Waals surface area contributed by atoms with Gasteiger partial charge in [-0.3, -0.25) is 10.2 Å². The van der Waals surface area contributed by atoms with E-state index in [4.69, 9.17) is 17.0 Å². The third kappa shape index (κ3) is 2.49. The van der Waals surface area contributed by atoms with Crippen molar-refractivity contribution in [3.63, 3.8) is 0 Å². The van der Waals surface area contributed by atoms with E-state index in [-0.39, 0.29) is 0 Å². The van der Waals surface area contributed by atoms with Crippen molar-refractivity contribution >= 4 is 23.6 Å². The SMILES string of the molecule is COCCc1ncc(-c2nc(=S)[nH][nH]2)s1. The van der Waals surface area contributed by atoms with Crippen LogP contribution in [0, 0.1) is 4.77 Å². The molecule has 2 aromatic heterocycles. The number of hydrogen-bond donors (Lipinski definition) is 2. The molecule has 0 aliphatic carbocycles. The first-order chi connectivity index (χ1) is 7.29. The Kier molecular flexibility index (Phi) is 3.24. The molecule has 5 nitrogen and oxygen atoms in total. The maximum Gasteiger partial charge on any atom is 0.213 e. The quantitative estimate of drug-likeness (QED) is 0.802. The molecule has 0 saturated heterocycles. The van der Waals surface area contributed by atoms with Crippen molar-refractivity contribution in [1.29, 1.82) is 0 Å². The maximum absolute atomic E-state index is 4.99. The van der Waals surface area contributed by atoms with Crippen LogP contribution in [0.25, 0.3) is 10.7 Å². The summed E-state index contributed by atoms with van der Waals surface area (Å²) >= 11 is 6.46. The van der Waals surface area contributed by atoms with Crippen LogP contribution in [-0.2, 0) is 11.2 Å². The molecule has 15 heavy (non-hydrogen) atoms. The van der Waals surface area contributed by atoms with E-state index in [2.05, 4.69) is 20.2 Å². The summed E-state index contributed by atoms with van der Waals surface area (Å²) in [5, 5.41) is 6.68. The largest absolute Gasteiger partial charge is 0.384 e. The van der Waals surface area contributed by atoms with Gasteiger partial charge in [0, 0.05) is 19.7 Å². The monoisotopic (exact) mass is 242 g/mol. The molecule has 0 aromatic carbocycles. The average Bonchev–Trinajstić information content (AvgIpc) is 2.83. The summed E-state index contributed by atoms with van der Waals surface area (Å²) in [7, 11) is 1.68. The van der Waals surface area contributed by atoms with Crippen molar-refractivity contribution in [1.82, 2.24) is 20.2 Å². The number of nitrogens with zero attached hydrogens (tertiary/aromatic N) is 2. The minimum absolute atomic E-state index is 0.455. The number of aromatic amines is 2. The highest BCUT2D eigenvalue weighted by Crippen LogP contribution is 2.22. The first kappa shape index (κ1) is 10.5. The molecule has 2 rings (SSSR count). The van der Waals surface area contributed by atoms with Crippen LogP contribution in [0.1, 0.15) is 5.01 Å². The Labute approximate surface area is 95.5 Å². The van der Waals surface area contributed by atoms with E-state index in [0.717, 1.165) is 22.1 Å². The fourth-order valence-corrected chi connectivity index (χ4v) is 2.10. The Morgan fingerprint density at radius 3 is 3.07 bits per heavy atom. The van der Waals surface area contributed by atoms with Crippen LogP contribution in [0.15, 0.2) is 6.20 Å². The first-order valence-corrected chi connectivity index (χ1v) is 5.61. The van der Waals surface area contributed by atoms with Crippen LogP contribution in [-0.4, -0.2) is 33.9 Å². The molecular formula is C8H10N4OS2. The van der Waals surface area contributed by atoms with E-state index in [1.807, 2.05) is 0 Å². The van der Waals surface area contributed by atoms with E-state index in [0.29, 0.717) is 11.4 Å². The Morgan fingerprint density at radius 1 is 1.53 bits per heavy atom. The number of aromatic nitrogens is 4. The summed E-state index contributed by atoms with van der Waals surface area (Å²) < 4.78 is 5.44. The molecule has 0 radical (unpaired) electrons. The lowest BCUT2D eigenvalue weighted by molar-refractivity contribution is 0.202. The van der Waals surface area contributed by atoms with Gasteiger partial charge >= 0.3 is 0 Å². The van der Waals surface area contributed by atoms with Crippen LogP contribution in [0.3, 0.4) is 0 Å². The van der Waals surface area contributed by atoms with Gasteiger partial charge in [-0.2, -0.15) is 4.98 Å². The standard InChI is InChI=1S/C8H10N4OS2/c1-13-3-2-6-9-4-5(15-6)7-10-8(14)12-11-7/h4H,2-3H2,1H3,(H2,10,11,12,14). The lowest BCUT2D eigenvalue weighted by Gasteiger charge is -1.92. The molecule has 2 heterocycles. The summed E-state index contributed by atoms with van der Waals surface area (Å²) in [4.78, 5) is 9.37. The van der Waals surface area contributed by atoms with Crippen molar-refractivity contribution in [2.24, 2.45) is 0 Å². The molecule has 0 atom stereocenters. The van der Waals surface area contributed by atoms with Gasteiger partial charge < -0.3 is 4.74 Å². The molecule has 2 N–H and O–H groups in total. The fraction of sp³-hybridized carbons (Fsp3) is 0.375. The third-order valence-electron chi connectivity index (χ3n) is 1.81. The molecule has 80 valence electrons. The van der Waals surface area contributed by atoms with Gasteiger partial charge in [0.2, 0.25) is 4.77 Å². The van der Waals surface area contributed by atoms with Gasteiger partial charge in [-0.25, -0.2) is 4.98 Å². The van der Waals surface area contributed by atoms with Gasteiger partial charge in [-0.05, 0) is 12.2 Å². The number of rotatable bonds is 4. The Bertz CT molecular complexity index is 487. The van der Waals surface area contributed by atoms with Gasteiger partial charge in [0.15, 0.2) is 5.82 Å². The zero-order chi connectivity index (χ0) is 10.7. The number of ether oxygens (including phenoxy) is 1. The molecule has 2 aromatic rings. The van der Waals surface area contributed by atoms with Crippen molar-refractivity contribution in [3.8, 4) is 10.7 Å². The predicted octanol–water partition coefficient (Wildman–Crippen LogP) is 1.78. The normalized spacial score (nSPS) is 10.7. The molecule has 0 bridgehead atoms. The van der Waals surface area contributed by atoms with Crippen LogP contribution in [0.2, 0.25) is 0 Å². The Balaban J connectivity index is 2.16. The van der Waals surface area contributed by atoms with Gasteiger partial charge in [-0.1, -0.05) is 0 Å². The number of H-pyrrole nitrogens is 2. The molecule has 0 aliphatic rings. The van der Waals surface area contributed by atoms with Crippen LogP contribution >= 0.6 is 23.6 Å². The molecule has 0 spiro atoms. The number of methoxy groups -OCH3 is 1. The summed E-state index contributed by atoms with van der Waals surface area (Å²) in [6.07, 6.45) is 2.61. The van der Waals surface area contributed by atoms with Crippen LogP contribution in [0.4, 0.5) is 0 Å². The zero-order valence-corrected chi connectivity index (χ0v) is 9.74. The third-order valence-corrected chi connectivity index (χ3v) is 3.07. The van der Waals surface area contributed by atoms with Gasteiger partial charge in [0.05, 0.1) is 16.5 Å². The highest BCUT2D eigenvalue weighted by molar-refractivity contribution is 7.71.